The van der Waals surface area contributed by atoms with E-state index in [9.17, 15) is 4.39 Å². The Morgan fingerprint density at radius 2 is 1.89 bits per heavy atom. The lowest BCUT2D eigenvalue weighted by atomic mass is 9.97. The topological polar surface area (TPSA) is 12.0 Å². The second-order valence-corrected chi connectivity index (χ2v) is 6.09. The first-order valence-corrected chi connectivity index (χ1v) is 7.38. The number of nitrogens with one attached hydrogen (secondary N) is 1. The molecular formula is C15H17ClFNS. The van der Waals surface area contributed by atoms with Gasteiger partial charge in [-0.2, -0.15) is 0 Å². The Kier molecular flexibility index (Phi) is 4.29. The first-order valence-electron chi connectivity index (χ1n) is 6.13. The number of halogens is 2. The summed E-state index contributed by atoms with van der Waals surface area (Å²) in [7, 11) is 1.83. The van der Waals surface area contributed by atoms with Gasteiger partial charge in [-0.05, 0) is 56.0 Å². The minimum atomic E-state index is -0.202. The highest BCUT2D eigenvalue weighted by Gasteiger charge is 2.23. The molecule has 1 unspecified atom stereocenters. The first-order chi connectivity index (χ1) is 8.95. The zero-order valence-electron chi connectivity index (χ0n) is 11.5. The Morgan fingerprint density at radius 1 is 1.21 bits per heavy atom. The Balaban J connectivity index is 2.58. The number of aryl methyl sites for hydroxylation is 3. The number of thiophene rings is 1. The summed E-state index contributed by atoms with van der Waals surface area (Å²) in [5.41, 5.74) is 3.59. The average molecular weight is 298 g/mol. The molecule has 0 bridgehead atoms. The van der Waals surface area contributed by atoms with Gasteiger partial charge in [0.15, 0.2) is 0 Å². The third-order valence-electron chi connectivity index (χ3n) is 3.25. The standard InChI is InChI=1S/C15H17ClFNS/c1-8-5-9(2)12(11(17)6-8)14(18-4)15-13(16)10(3)7-19-15/h5-7,14,18H,1-4H3. The monoisotopic (exact) mass is 297 g/mol. The van der Waals surface area contributed by atoms with Gasteiger partial charge in [0, 0.05) is 10.4 Å². The van der Waals surface area contributed by atoms with Crippen LogP contribution in [-0.2, 0) is 0 Å². The summed E-state index contributed by atoms with van der Waals surface area (Å²) in [5.74, 6) is -0.182. The predicted octanol–water partition coefficient (Wildman–Crippen LogP) is 4.77. The molecule has 0 aliphatic carbocycles. The van der Waals surface area contributed by atoms with Gasteiger partial charge in [-0.1, -0.05) is 17.7 Å². The van der Waals surface area contributed by atoms with Crippen molar-refractivity contribution in [1.29, 1.82) is 0 Å². The lowest BCUT2D eigenvalue weighted by Gasteiger charge is -2.19. The van der Waals surface area contributed by atoms with Crippen LogP contribution in [0.3, 0.4) is 0 Å². The maximum atomic E-state index is 14.3. The molecular weight excluding hydrogens is 281 g/mol. The van der Waals surface area contributed by atoms with E-state index in [1.165, 1.54) is 0 Å². The van der Waals surface area contributed by atoms with E-state index in [-0.39, 0.29) is 11.9 Å². The summed E-state index contributed by atoms with van der Waals surface area (Å²) in [6, 6.07) is 3.37. The molecule has 0 aliphatic rings. The van der Waals surface area contributed by atoms with E-state index >= 15 is 0 Å². The fourth-order valence-corrected chi connectivity index (χ4v) is 3.76. The van der Waals surface area contributed by atoms with Gasteiger partial charge in [0.05, 0.1) is 11.1 Å². The molecule has 0 radical (unpaired) electrons. The van der Waals surface area contributed by atoms with E-state index in [1.807, 2.05) is 39.3 Å². The molecule has 0 amide bonds. The highest BCUT2D eigenvalue weighted by molar-refractivity contribution is 7.10. The molecule has 1 aromatic heterocycles. The SMILES string of the molecule is CNC(c1scc(C)c1Cl)c1c(C)cc(C)cc1F. The summed E-state index contributed by atoms with van der Waals surface area (Å²) in [6.07, 6.45) is 0. The number of hydrogen-bond donors (Lipinski definition) is 1. The molecule has 0 saturated carbocycles. The van der Waals surface area contributed by atoms with Crippen LogP contribution >= 0.6 is 22.9 Å². The molecule has 1 nitrogen and oxygen atoms in total. The van der Waals surface area contributed by atoms with Crippen molar-refractivity contribution < 1.29 is 4.39 Å². The van der Waals surface area contributed by atoms with E-state index in [0.717, 1.165) is 26.6 Å². The second-order valence-electron chi connectivity index (χ2n) is 4.80. The minimum absolute atomic E-state index is 0.182. The largest absolute Gasteiger partial charge is 0.309 e. The Hall–Kier alpha value is -0.900. The molecule has 0 fully saturated rings. The van der Waals surface area contributed by atoms with Gasteiger partial charge in [-0.3, -0.25) is 0 Å². The molecule has 1 atom stereocenters. The lowest BCUT2D eigenvalue weighted by Crippen LogP contribution is -2.19. The molecule has 102 valence electrons. The van der Waals surface area contributed by atoms with E-state index in [2.05, 4.69) is 5.32 Å². The smallest absolute Gasteiger partial charge is 0.128 e. The van der Waals surface area contributed by atoms with Crippen LogP contribution in [0.25, 0.3) is 0 Å². The van der Waals surface area contributed by atoms with Crippen molar-refractivity contribution in [3.05, 3.63) is 55.5 Å². The zero-order valence-corrected chi connectivity index (χ0v) is 13.0. The van der Waals surface area contributed by atoms with Crippen LogP contribution in [-0.4, -0.2) is 7.05 Å². The normalized spacial score (nSPS) is 12.7. The van der Waals surface area contributed by atoms with Crippen LogP contribution in [0.4, 0.5) is 4.39 Å². The molecule has 2 aromatic rings. The van der Waals surface area contributed by atoms with E-state index < -0.39 is 0 Å². The third-order valence-corrected chi connectivity index (χ3v) is 5.02. The van der Waals surface area contributed by atoms with Crippen LogP contribution in [0.1, 0.15) is 33.2 Å². The summed E-state index contributed by atoms with van der Waals surface area (Å²) >= 11 is 7.88. The fourth-order valence-electron chi connectivity index (χ4n) is 2.34. The minimum Gasteiger partial charge on any atom is -0.309 e. The summed E-state index contributed by atoms with van der Waals surface area (Å²) < 4.78 is 14.3. The average Bonchev–Trinajstić information content (AvgIpc) is 2.65. The molecule has 0 spiro atoms. The van der Waals surface area contributed by atoms with Gasteiger partial charge in [-0.25, -0.2) is 4.39 Å². The van der Waals surface area contributed by atoms with Crippen molar-refractivity contribution in [3.8, 4) is 0 Å². The second kappa shape index (κ2) is 5.61. The zero-order chi connectivity index (χ0) is 14.2. The van der Waals surface area contributed by atoms with Crippen LogP contribution in [0.5, 0.6) is 0 Å². The van der Waals surface area contributed by atoms with Crippen molar-refractivity contribution >= 4 is 22.9 Å². The Morgan fingerprint density at radius 3 is 2.37 bits per heavy atom. The Labute approximate surface area is 122 Å². The van der Waals surface area contributed by atoms with Crippen LogP contribution < -0.4 is 5.32 Å². The first kappa shape index (κ1) is 14.5. The number of rotatable bonds is 3. The van der Waals surface area contributed by atoms with Crippen molar-refractivity contribution in [2.45, 2.75) is 26.8 Å². The maximum Gasteiger partial charge on any atom is 0.128 e. The Bertz CT molecular complexity index is 583. The van der Waals surface area contributed by atoms with Crippen molar-refractivity contribution in [2.24, 2.45) is 0 Å². The highest BCUT2D eigenvalue weighted by Crippen LogP contribution is 2.37. The maximum absolute atomic E-state index is 14.3. The van der Waals surface area contributed by atoms with Gasteiger partial charge < -0.3 is 5.32 Å². The third kappa shape index (κ3) is 2.69. The summed E-state index contributed by atoms with van der Waals surface area (Å²) in [5, 5.41) is 5.90. The molecule has 4 heteroatoms. The van der Waals surface area contributed by atoms with E-state index in [4.69, 9.17) is 11.6 Å². The summed E-state index contributed by atoms with van der Waals surface area (Å²) in [6.45, 7) is 5.80. The van der Waals surface area contributed by atoms with Crippen LogP contribution in [0, 0.1) is 26.6 Å². The highest BCUT2D eigenvalue weighted by atomic mass is 35.5. The fraction of sp³-hybridized carbons (Fsp3) is 0.333. The molecule has 1 aromatic carbocycles. The lowest BCUT2D eigenvalue weighted by molar-refractivity contribution is 0.575. The van der Waals surface area contributed by atoms with Gasteiger partial charge in [-0.15, -0.1) is 11.3 Å². The van der Waals surface area contributed by atoms with Gasteiger partial charge in [0.1, 0.15) is 5.82 Å². The van der Waals surface area contributed by atoms with Crippen molar-refractivity contribution in [3.63, 3.8) is 0 Å². The van der Waals surface area contributed by atoms with Crippen LogP contribution in [0.15, 0.2) is 17.5 Å². The molecule has 19 heavy (non-hydrogen) atoms. The number of benzene rings is 1. The van der Waals surface area contributed by atoms with E-state index in [0.29, 0.717) is 5.56 Å². The number of hydrogen-bond acceptors (Lipinski definition) is 2. The predicted molar refractivity (Wildman–Crippen MR) is 80.8 cm³/mol. The molecule has 0 aliphatic heterocycles. The molecule has 1 N–H and O–H groups in total. The van der Waals surface area contributed by atoms with Crippen molar-refractivity contribution in [1.82, 2.24) is 5.32 Å². The van der Waals surface area contributed by atoms with Crippen molar-refractivity contribution in [2.75, 3.05) is 7.05 Å². The summed E-state index contributed by atoms with van der Waals surface area (Å²) in [4.78, 5) is 0.965. The quantitative estimate of drug-likeness (QED) is 0.860. The van der Waals surface area contributed by atoms with Gasteiger partial charge >= 0.3 is 0 Å². The van der Waals surface area contributed by atoms with E-state index in [1.54, 1.807) is 17.4 Å². The van der Waals surface area contributed by atoms with Crippen LogP contribution in [0.2, 0.25) is 5.02 Å². The molecule has 0 saturated heterocycles. The molecule has 1 heterocycles. The molecule has 2 rings (SSSR count). The van der Waals surface area contributed by atoms with Gasteiger partial charge in [0.2, 0.25) is 0 Å². The van der Waals surface area contributed by atoms with Gasteiger partial charge in [0.25, 0.3) is 0 Å².